The third-order valence-electron chi connectivity index (χ3n) is 10.2. The molecule has 0 aromatic heterocycles. The number of fused-ring (bicyclic) bond motifs is 1. The lowest BCUT2D eigenvalue weighted by Crippen LogP contribution is -2.39. The summed E-state index contributed by atoms with van der Waals surface area (Å²) in [6.07, 6.45) is 9.89. The van der Waals surface area contributed by atoms with Crippen LogP contribution in [0, 0.1) is 34.0 Å². The normalized spacial score (nSPS) is 24.8. The van der Waals surface area contributed by atoms with Gasteiger partial charge in [-0.15, -0.1) is 0 Å². The predicted octanol–water partition coefficient (Wildman–Crippen LogP) is 8.07. The summed E-state index contributed by atoms with van der Waals surface area (Å²) >= 11 is 0. The van der Waals surface area contributed by atoms with Gasteiger partial charge in [0.15, 0.2) is 0 Å². The second kappa shape index (κ2) is 17.8. The molecule has 3 aliphatic carbocycles. The van der Waals surface area contributed by atoms with Gasteiger partial charge in [0.2, 0.25) is 0 Å². The number of carbonyl (C=O) groups is 5. The van der Waals surface area contributed by atoms with Gasteiger partial charge in [0.1, 0.15) is 23.9 Å². The average molecular weight is 683 g/mol. The number of esters is 4. The van der Waals surface area contributed by atoms with Gasteiger partial charge in [-0.1, -0.05) is 27.2 Å². The fourth-order valence-corrected chi connectivity index (χ4v) is 5.69. The monoisotopic (exact) mass is 682 g/mol. The first-order valence-electron chi connectivity index (χ1n) is 18.0. The van der Waals surface area contributed by atoms with Crippen LogP contribution in [-0.2, 0) is 42.9 Å². The molecule has 48 heavy (non-hydrogen) atoms. The Hall–Kier alpha value is -2.65. The highest BCUT2D eigenvalue weighted by molar-refractivity contribution is 5.78. The Kier molecular flexibility index (Phi) is 16.1. The SMILES string of the molecule is CC(=O)O.CCC(C)(C)C(=O)OC(C)(C)C.CCC(C)(C)C(=O)OC1C2CC3C(=O)OC1C3C2.CCC(C)(C)C(=O)OC1CCCCC1. The smallest absolute Gasteiger partial charge is 0.312 e. The van der Waals surface area contributed by atoms with Crippen molar-refractivity contribution in [2.24, 2.45) is 34.0 Å². The van der Waals surface area contributed by atoms with Gasteiger partial charge in [0.05, 0.1) is 22.2 Å². The number of hydrogen-bond donors (Lipinski definition) is 1. The van der Waals surface area contributed by atoms with Crippen LogP contribution in [0.4, 0.5) is 0 Å². The van der Waals surface area contributed by atoms with Crippen LogP contribution in [0.1, 0.15) is 154 Å². The van der Waals surface area contributed by atoms with E-state index in [1.807, 2.05) is 83.1 Å². The fraction of sp³-hybridized carbons (Fsp3) is 0.868. The van der Waals surface area contributed by atoms with Crippen molar-refractivity contribution in [2.75, 3.05) is 0 Å². The molecule has 10 heteroatoms. The zero-order valence-electron chi connectivity index (χ0n) is 32.2. The lowest BCUT2D eigenvalue weighted by molar-refractivity contribution is -0.170. The third-order valence-corrected chi connectivity index (χ3v) is 10.2. The van der Waals surface area contributed by atoms with E-state index < -0.39 is 11.4 Å². The average Bonchev–Trinajstić information content (AvgIpc) is 3.62. The van der Waals surface area contributed by atoms with Crippen molar-refractivity contribution in [2.45, 2.75) is 178 Å². The number of carboxylic acids is 1. The van der Waals surface area contributed by atoms with Crippen LogP contribution in [0.5, 0.6) is 0 Å². The molecule has 0 amide bonds. The first-order chi connectivity index (χ1) is 21.9. The zero-order chi connectivity index (χ0) is 37.3. The molecule has 3 saturated carbocycles. The third kappa shape index (κ3) is 13.0. The van der Waals surface area contributed by atoms with Crippen LogP contribution in [-0.4, -0.2) is 58.9 Å². The summed E-state index contributed by atoms with van der Waals surface area (Å²) < 4.78 is 21.8. The number of rotatable bonds is 8. The standard InChI is InChI=1S/C14H20O4.C12H22O2.C10H20O2.C2H4O2/c1-4-14(2,3)13(16)18-10-7-5-8-9(6-7)12(15)17-11(8)10;1-4-12(2,3)11(13)14-10-8-6-5-7-9-10;1-7-10(5,6)8(11)12-9(2,3)4;1-2(3)4/h7-11H,4-6H2,1-3H3;10H,4-9H2,1-3H3;7H2,1-6H3;1H3,(H,3,4). The summed E-state index contributed by atoms with van der Waals surface area (Å²) in [4.78, 5) is 56.0. The van der Waals surface area contributed by atoms with Crippen LogP contribution < -0.4 is 0 Å². The van der Waals surface area contributed by atoms with Gasteiger partial charge in [-0.2, -0.15) is 0 Å². The largest absolute Gasteiger partial charge is 0.481 e. The van der Waals surface area contributed by atoms with E-state index in [0.717, 1.165) is 51.9 Å². The van der Waals surface area contributed by atoms with E-state index in [1.165, 1.54) is 19.3 Å². The Morgan fingerprint density at radius 2 is 1.17 bits per heavy atom. The van der Waals surface area contributed by atoms with Gasteiger partial charge >= 0.3 is 23.9 Å². The molecule has 1 saturated heterocycles. The van der Waals surface area contributed by atoms with Crippen molar-refractivity contribution in [3.05, 3.63) is 0 Å². The number of aliphatic carboxylic acids is 1. The lowest BCUT2D eigenvalue weighted by atomic mass is 9.87. The Labute approximate surface area is 289 Å². The van der Waals surface area contributed by atoms with Crippen LogP contribution in [0.15, 0.2) is 0 Å². The van der Waals surface area contributed by atoms with Crippen molar-refractivity contribution in [1.82, 2.24) is 0 Å². The van der Waals surface area contributed by atoms with Crippen LogP contribution >= 0.6 is 0 Å². The molecule has 2 bridgehead atoms. The van der Waals surface area contributed by atoms with Gasteiger partial charge in [-0.25, -0.2) is 0 Å². The Balaban J connectivity index is 0.000000349. The van der Waals surface area contributed by atoms with E-state index in [1.54, 1.807) is 0 Å². The minimum absolute atomic E-state index is 0.0214. The highest BCUT2D eigenvalue weighted by Crippen LogP contribution is 2.55. The quantitative estimate of drug-likeness (QED) is 0.197. The molecule has 5 atom stereocenters. The number of carboxylic acid groups (broad SMARTS) is 1. The maximum Gasteiger partial charge on any atom is 0.312 e. The second-order valence-electron chi connectivity index (χ2n) is 16.7. The van der Waals surface area contributed by atoms with Gasteiger partial charge in [-0.3, -0.25) is 24.0 Å². The Morgan fingerprint density at radius 3 is 1.60 bits per heavy atom. The van der Waals surface area contributed by atoms with E-state index in [0.29, 0.717) is 11.8 Å². The van der Waals surface area contributed by atoms with E-state index in [-0.39, 0.29) is 64.5 Å². The number of carbonyl (C=O) groups excluding carboxylic acids is 4. The molecule has 0 radical (unpaired) electrons. The molecule has 4 rings (SSSR count). The topological polar surface area (TPSA) is 142 Å². The van der Waals surface area contributed by atoms with Crippen molar-refractivity contribution >= 4 is 29.8 Å². The van der Waals surface area contributed by atoms with Crippen LogP contribution in [0.2, 0.25) is 0 Å². The molecule has 4 fully saturated rings. The molecule has 0 aromatic rings. The summed E-state index contributed by atoms with van der Waals surface area (Å²) in [7, 11) is 0. The molecular formula is C38H66O10. The number of hydrogen-bond acceptors (Lipinski definition) is 9. The van der Waals surface area contributed by atoms with Crippen molar-refractivity contribution in [3.8, 4) is 0 Å². The predicted molar refractivity (Wildman–Crippen MR) is 184 cm³/mol. The summed E-state index contributed by atoms with van der Waals surface area (Å²) in [5, 5.41) is 7.42. The van der Waals surface area contributed by atoms with Crippen molar-refractivity contribution in [1.29, 1.82) is 0 Å². The Bertz CT molecular complexity index is 1090. The van der Waals surface area contributed by atoms with Crippen LogP contribution in [0.3, 0.4) is 0 Å². The lowest BCUT2D eigenvalue weighted by Gasteiger charge is -2.29. The van der Waals surface area contributed by atoms with Gasteiger partial charge in [0, 0.05) is 18.8 Å². The first-order valence-corrected chi connectivity index (χ1v) is 18.0. The molecule has 1 aliphatic heterocycles. The molecule has 5 unspecified atom stereocenters. The van der Waals surface area contributed by atoms with Crippen molar-refractivity contribution in [3.63, 3.8) is 0 Å². The summed E-state index contributed by atoms with van der Waals surface area (Å²) in [5.74, 6) is -0.514. The van der Waals surface area contributed by atoms with Crippen molar-refractivity contribution < 1.29 is 48.0 Å². The maximum atomic E-state index is 12.1. The minimum Gasteiger partial charge on any atom is -0.481 e. The zero-order valence-corrected chi connectivity index (χ0v) is 32.2. The number of ether oxygens (including phenoxy) is 4. The molecule has 4 aliphatic rings. The van der Waals surface area contributed by atoms with E-state index in [9.17, 15) is 19.2 Å². The summed E-state index contributed by atoms with van der Waals surface area (Å²) in [5.41, 5.74) is -1.49. The van der Waals surface area contributed by atoms with Gasteiger partial charge in [0.25, 0.3) is 5.97 Å². The molecule has 1 heterocycles. The maximum absolute atomic E-state index is 12.1. The van der Waals surface area contributed by atoms with E-state index in [4.69, 9.17) is 28.8 Å². The molecular weight excluding hydrogens is 616 g/mol. The highest BCUT2D eigenvalue weighted by Gasteiger charge is 2.63. The summed E-state index contributed by atoms with van der Waals surface area (Å²) in [6, 6.07) is 0. The molecule has 0 aromatic carbocycles. The minimum atomic E-state index is -0.833. The first kappa shape index (κ1) is 43.4. The van der Waals surface area contributed by atoms with Gasteiger partial charge in [-0.05, 0) is 120 Å². The molecule has 10 nitrogen and oxygen atoms in total. The highest BCUT2D eigenvalue weighted by atomic mass is 16.6. The van der Waals surface area contributed by atoms with Crippen LogP contribution in [0.25, 0.3) is 0 Å². The van der Waals surface area contributed by atoms with Gasteiger partial charge < -0.3 is 24.1 Å². The Morgan fingerprint density at radius 1 is 0.729 bits per heavy atom. The summed E-state index contributed by atoms with van der Waals surface area (Å²) in [6.45, 7) is 24.3. The van der Waals surface area contributed by atoms with E-state index >= 15 is 0 Å². The molecule has 278 valence electrons. The van der Waals surface area contributed by atoms with E-state index in [2.05, 4.69) is 0 Å². The fourth-order valence-electron chi connectivity index (χ4n) is 5.69. The molecule has 1 N–H and O–H groups in total. The molecule has 0 spiro atoms. The second-order valence-corrected chi connectivity index (χ2v) is 16.7.